The van der Waals surface area contributed by atoms with E-state index in [2.05, 4.69) is 15.9 Å². The van der Waals surface area contributed by atoms with E-state index in [-0.39, 0.29) is 31.3 Å². The van der Waals surface area contributed by atoms with Gasteiger partial charge in [-0.05, 0) is 49.2 Å². The molecule has 0 N–H and O–H groups in total. The first-order valence-electron chi connectivity index (χ1n) is 8.67. The van der Waals surface area contributed by atoms with Gasteiger partial charge in [-0.25, -0.2) is 0 Å². The van der Waals surface area contributed by atoms with Crippen molar-refractivity contribution in [2.75, 3.05) is 18.1 Å². The predicted molar refractivity (Wildman–Crippen MR) is 106 cm³/mol. The molecule has 1 atom stereocenters. The van der Waals surface area contributed by atoms with Crippen molar-refractivity contribution in [1.29, 1.82) is 0 Å². The molecule has 1 heterocycles. The van der Waals surface area contributed by atoms with Crippen LogP contribution < -0.4 is 4.90 Å². The molecule has 140 valence electrons. The zero-order valence-electron chi connectivity index (χ0n) is 15.2. The summed E-state index contributed by atoms with van der Waals surface area (Å²) in [5.74, 6) is -1.45. The minimum Gasteiger partial charge on any atom is -0.457 e. The van der Waals surface area contributed by atoms with Gasteiger partial charge in [0.25, 0.3) is 0 Å². The van der Waals surface area contributed by atoms with Crippen LogP contribution in [0.2, 0.25) is 0 Å². The van der Waals surface area contributed by atoms with Crippen molar-refractivity contribution < 1.29 is 19.1 Å². The van der Waals surface area contributed by atoms with Gasteiger partial charge in [-0.2, -0.15) is 0 Å². The average Bonchev–Trinajstić information content (AvgIpc) is 3.01. The van der Waals surface area contributed by atoms with Crippen LogP contribution in [0.4, 0.5) is 5.69 Å². The largest absolute Gasteiger partial charge is 0.457 e. The van der Waals surface area contributed by atoms with Gasteiger partial charge in [-0.15, -0.1) is 0 Å². The lowest BCUT2D eigenvalue weighted by atomic mass is 10.1. The van der Waals surface area contributed by atoms with Gasteiger partial charge in [0, 0.05) is 28.7 Å². The van der Waals surface area contributed by atoms with Crippen LogP contribution in [0, 0.1) is 19.8 Å². The molecule has 1 aliphatic rings. The first kappa shape index (κ1) is 19.3. The van der Waals surface area contributed by atoms with Crippen molar-refractivity contribution in [3.05, 3.63) is 63.6 Å². The summed E-state index contributed by atoms with van der Waals surface area (Å²) in [4.78, 5) is 38.4. The summed E-state index contributed by atoms with van der Waals surface area (Å²) in [5.41, 5.74) is 3.39. The summed E-state index contributed by atoms with van der Waals surface area (Å²) < 4.78 is 6.04. The number of ether oxygens (including phenoxy) is 1. The molecule has 0 spiro atoms. The second-order valence-corrected chi connectivity index (χ2v) is 7.70. The number of esters is 1. The molecule has 1 fully saturated rings. The zero-order valence-corrected chi connectivity index (χ0v) is 16.8. The predicted octanol–water partition coefficient (Wildman–Crippen LogP) is 3.84. The van der Waals surface area contributed by atoms with Gasteiger partial charge in [0.1, 0.15) is 0 Å². The van der Waals surface area contributed by atoms with E-state index in [1.807, 2.05) is 32.0 Å². The summed E-state index contributed by atoms with van der Waals surface area (Å²) in [6.45, 7) is 3.88. The normalized spacial score (nSPS) is 16.5. The van der Waals surface area contributed by atoms with Gasteiger partial charge >= 0.3 is 5.97 Å². The number of amides is 1. The molecule has 3 rings (SSSR count). The molecule has 0 saturated carbocycles. The summed E-state index contributed by atoms with van der Waals surface area (Å²) in [5, 5.41) is 0. The van der Waals surface area contributed by atoms with E-state index in [0.29, 0.717) is 5.56 Å². The number of Topliss-reactive ketones (excluding diaryl/α,β-unsaturated/α-hetero) is 1. The number of aryl methyl sites for hydroxylation is 2. The van der Waals surface area contributed by atoms with Crippen molar-refractivity contribution in [3.63, 3.8) is 0 Å². The molecule has 2 aromatic carbocycles. The molecule has 1 aliphatic heterocycles. The molecule has 1 saturated heterocycles. The van der Waals surface area contributed by atoms with Crippen LogP contribution in [0.15, 0.2) is 46.9 Å². The summed E-state index contributed by atoms with van der Waals surface area (Å²) in [6.07, 6.45) is 0.0955. The molecule has 0 aliphatic carbocycles. The van der Waals surface area contributed by atoms with Crippen LogP contribution in [0.25, 0.3) is 0 Å². The lowest BCUT2D eigenvalue weighted by molar-refractivity contribution is -0.147. The highest BCUT2D eigenvalue weighted by molar-refractivity contribution is 9.10. The molecular weight excluding hydrogens is 410 g/mol. The number of nitrogens with zero attached hydrogens (tertiary/aromatic N) is 1. The molecule has 6 heteroatoms. The first-order valence-corrected chi connectivity index (χ1v) is 9.47. The molecular formula is C21H20BrNO4. The van der Waals surface area contributed by atoms with Crippen LogP contribution in [0.5, 0.6) is 0 Å². The Bertz CT molecular complexity index is 871. The molecule has 27 heavy (non-hydrogen) atoms. The lowest BCUT2D eigenvalue weighted by Crippen LogP contribution is -2.27. The Hall–Kier alpha value is -2.47. The fraction of sp³-hybridized carbons (Fsp3) is 0.286. The Balaban J connectivity index is 1.60. The Kier molecular flexibility index (Phi) is 5.75. The van der Waals surface area contributed by atoms with E-state index in [1.54, 1.807) is 29.2 Å². The Morgan fingerprint density at radius 2 is 1.74 bits per heavy atom. The van der Waals surface area contributed by atoms with Crippen LogP contribution in [-0.4, -0.2) is 30.8 Å². The Labute approximate surface area is 166 Å². The number of rotatable bonds is 5. The number of hydrogen-bond donors (Lipinski definition) is 0. The number of carbonyl (C=O) groups excluding carboxylic acids is 3. The van der Waals surface area contributed by atoms with Gasteiger partial charge in [-0.1, -0.05) is 34.1 Å². The maximum Gasteiger partial charge on any atom is 0.311 e. The molecule has 0 radical (unpaired) electrons. The van der Waals surface area contributed by atoms with Crippen LogP contribution in [0.3, 0.4) is 0 Å². The van der Waals surface area contributed by atoms with E-state index < -0.39 is 11.9 Å². The number of ketones is 1. The third-order valence-electron chi connectivity index (χ3n) is 4.49. The van der Waals surface area contributed by atoms with Crippen LogP contribution in [0.1, 0.15) is 27.9 Å². The number of carbonyl (C=O) groups is 3. The maximum atomic E-state index is 12.4. The molecule has 0 bridgehead atoms. The van der Waals surface area contributed by atoms with Crippen molar-refractivity contribution in [1.82, 2.24) is 0 Å². The third-order valence-corrected chi connectivity index (χ3v) is 5.02. The molecule has 0 unspecified atom stereocenters. The SMILES string of the molecule is Cc1cc(C)cc(N2C[C@H](C(=O)OCC(=O)c3ccc(Br)cc3)CC2=O)c1. The monoisotopic (exact) mass is 429 g/mol. The first-order chi connectivity index (χ1) is 12.8. The van der Waals surface area contributed by atoms with E-state index in [4.69, 9.17) is 4.74 Å². The topological polar surface area (TPSA) is 63.7 Å². The summed E-state index contributed by atoms with van der Waals surface area (Å²) >= 11 is 3.31. The van der Waals surface area contributed by atoms with Crippen LogP contribution in [-0.2, 0) is 14.3 Å². The smallest absolute Gasteiger partial charge is 0.311 e. The number of benzene rings is 2. The van der Waals surface area contributed by atoms with Crippen molar-refractivity contribution >= 4 is 39.3 Å². The number of anilines is 1. The minimum absolute atomic E-state index is 0.0955. The highest BCUT2D eigenvalue weighted by Crippen LogP contribution is 2.27. The fourth-order valence-corrected chi connectivity index (χ4v) is 3.46. The van der Waals surface area contributed by atoms with Gasteiger partial charge in [0.05, 0.1) is 5.92 Å². The molecule has 1 amide bonds. The van der Waals surface area contributed by atoms with Gasteiger partial charge < -0.3 is 9.64 Å². The Morgan fingerprint density at radius 1 is 1.11 bits per heavy atom. The summed E-state index contributed by atoms with van der Waals surface area (Å²) in [6, 6.07) is 12.7. The minimum atomic E-state index is -0.559. The third kappa shape index (κ3) is 4.63. The van der Waals surface area contributed by atoms with Crippen LogP contribution >= 0.6 is 15.9 Å². The quantitative estimate of drug-likeness (QED) is 0.534. The van der Waals surface area contributed by atoms with Crippen molar-refractivity contribution in [2.24, 2.45) is 5.92 Å². The molecule has 0 aromatic heterocycles. The van der Waals surface area contributed by atoms with Gasteiger partial charge in [0.2, 0.25) is 5.91 Å². The second-order valence-electron chi connectivity index (χ2n) is 6.79. The maximum absolute atomic E-state index is 12.4. The number of hydrogen-bond acceptors (Lipinski definition) is 4. The van der Waals surface area contributed by atoms with Gasteiger partial charge in [-0.3, -0.25) is 14.4 Å². The second kappa shape index (κ2) is 8.05. The molecule has 2 aromatic rings. The zero-order chi connectivity index (χ0) is 19.6. The van der Waals surface area contributed by atoms with E-state index in [1.165, 1.54) is 0 Å². The number of halogens is 1. The van der Waals surface area contributed by atoms with Crippen molar-refractivity contribution in [2.45, 2.75) is 20.3 Å². The molecule has 5 nitrogen and oxygen atoms in total. The highest BCUT2D eigenvalue weighted by atomic mass is 79.9. The lowest BCUT2D eigenvalue weighted by Gasteiger charge is -2.18. The van der Waals surface area contributed by atoms with E-state index in [9.17, 15) is 14.4 Å². The standard InChI is InChI=1S/C21H20BrNO4/c1-13-7-14(2)9-18(8-13)23-11-16(10-20(23)25)21(26)27-12-19(24)15-3-5-17(22)6-4-15/h3-9,16H,10-12H2,1-2H3/t16-/m1/s1. The van der Waals surface area contributed by atoms with Gasteiger partial charge in [0.15, 0.2) is 12.4 Å². The van der Waals surface area contributed by atoms with Crippen molar-refractivity contribution in [3.8, 4) is 0 Å². The summed E-state index contributed by atoms with van der Waals surface area (Å²) in [7, 11) is 0. The average molecular weight is 430 g/mol. The Morgan fingerprint density at radius 3 is 2.37 bits per heavy atom. The van der Waals surface area contributed by atoms with E-state index in [0.717, 1.165) is 21.3 Å². The van der Waals surface area contributed by atoms with E-state index >= 15 is 0 Å². The highest BCUT2D eigenvalue weighted by Gasteiger charge is 2.36. The fourth-order valence-electron chi connectivity index (χ4n) is 3.20.